The Morgan fingerprint density at radius 1 is 1.15 bits per heavy atom. The number of carbonyl (C=O) groups is 2. The third kappa shape index (κ3) is 4.85. The molecule has 2 rings (SSSR count). The van der Waals surface area contributed by atoms with Crippen LogP contribution in [0.15, 0.2) is 36.5 Å². The number of pyridine rings is 1. The first-order chi connectivity index (χ1) is 12.6. The maximum Gasteiger partial charge on any atom is 0.344 e. The lowest BCUT2D eigenvalue weighted by Gasteiger charge is -2.12. The molecule has 8 nitrogen and oxygen atoms in total. The van der Waals surface area contributed by atoms with Gasteiger partial charge < -0.3 is 24.3 Å². The SMILES string of the molecule is CCOc1ncccc1C(=O)OCC(=O)Nc1ccc(OC)cc1OC. The Labute approximate surface area is 151 Å². The van der Waals surface area contributed by atoms with E-state index in [9.17, 15) is 9.59 Å². The highest BCUT2D eigenvalue weighted by Crippen LogP contribution is 2.28. The lowest BCUT2D eigenvalue weighted by atomic mass is 10.2. The monoisotopic (exact) mass is 360 g/mol. The molecule has 0 aliphatic rings. The molecule has 0 fully saturated rings. The minimum Gasteiger partial charge on any atom is -0.497 e. The summed E-state index contributed by atoms with van der Waals surface area (Å²) >= 11 is 0. The number of rotatable bonds is 8. The molecular formula is C18H20N2O6. The topological polar surface area (TPSA) is 96.0 Å². The van der Waals surface area contributed by atoms with Gasteiger partial charge >= 0.3 is 5.97 Å². The van der Waals surface area contributed by atoms with Crippen LogP contribution in [0.4, 0.5) is 5.69 Å². The second-order valence-corrected chi connectivity index (χ2v) is 4.98. The van der Waals surface area contributed by atoms with Crippen LogP contribution in [0.25, 0.3) is 0 Å². The first-order valence-corrected chi connectivity index (χ1v) is 7.85. The molecule has 1 aromatic heterocycles. The molecule has 0 spiro atoms. The molecule has 0 aliphatic carbocycles. The van der Waals surface area contributed by atoms with Gasteiger partial charge in [-0.1, -0.05) is 0 Å². The summed E-state index contributed by atoms with van der Waals surface area (Å²) in [6.07, 6.45) is 1.50. The largest absolute Gasteiger partial charge is 0.497 e. The molecule has 0 aliphatic heterocycles. The molecule has 0 radical (unpaired) electrons. The fourth-order valence-electron chi connectivity index (χ4n) is 2.09. The van der Waals surface area contributed by atoms with Crippen molar-refractivity contribution < 1.29 is 28.5 Å². The van der Waals surface area contributed by atoms with E-state index in [4.69, 9.17) is 18.9 Å². The summed E-state index contributed by atoms with van der Waals surface area (Å²) in [6, 6.07) is 8.04. The summed E-state index contributed by atoms with van der Waals surface area (Å²) in [5, 5.41) is 2.62. The number of hydrogen-bond donors (Lipinski definition) is 1. The van der Waals surface area contributed by atoms with E-state index in [1.165, 1.54) is 26.5 Å². The summed E-state index contributed by atoms with van der Waals surface area (Å²) in [7, 11) is 3.00. The van der Waals surface area contributed by atoms with E-state index in [0.717, 1.165) is 0 Å². The molecule has 26 heavy (non-hydrogen) atoms. The van der Waals surface area contributed by atoms with Crippen molar-refractivity contribution in [3.63, 3.8) is 0 Å². The van der Waals surface area contributed by atoms with Gasteiger partial charge in [-0.15, -0.1) is 0 Å². The van der Waals surface area contributed by atoms with Gasteiger partial charge in [-0.05, 0) is 31.2 Å². The lowest BCUT2D eigenvalue weighted by Crippen LogP contribution is -2.21. The summed E-state index contributed by atoms with van der Waals surface area (Å²) < 4.78 is 20.6. The van der Waals surface area contributed by atoms with E-state index in [-0.39, 0.29) is 11.4 Å². The van der Waals surface area contributed by atoms with Gasteiger partial charge in [0.05, 0.1) is 26.5 Å². The fraction of sp³-hybridized carbons (Fsp3) is 0.278. The molecule has 0 saturated carbocycles. The number of anilines is 1. The number of nitrogens with zero attached hydrogens (tertiary/aromatic N) is 1. The number of carbonyl (C=O) groups excluding carboxylic acids is 2. The number of methoxy groups -OCH3 is 2. The average molecular weight is 360 g/mol. The van der Waals surface area contributed by atoms with Crippen molar-refractivity contribution in [3.8, 4) is 17.4 Å². The van der Waals surface area contributed by atoms with Crippen LogP contribution in [0, 0.1) is 0 Å². The predicted octanol–water partition coefficient (Wildman–Crippen LogP) is 2.29. The molecule has 1 aromatic carbocycles. The maximum absolute atomic E-state index is 12.1. The Hall–Kier alpha value is -3.29. The van der Waals surface area contributed by atoms with Crippen LogP contribution in [0.3, 0.4) is 0 Å². The Balaban J connectivity index is 1.98. The van der Waals surface area contributed by atoms with Crippen LogP contribution < -0.4 is 19.5 Å². The summed E-state index contributed by atoms with van der Waals surface area (Å²) in [4.78, 5) is 28.2. The first kappa shape index (κ1) is 19.0. The third-order valence-electron chi connectivity index (χ3n) is 3.29. The maximum atomic E-state index is 12.1. The van der Waals surface area contributed by atoms with Crippen molar-refractivity contribution in [2.45, 2.75) is 6.92 Å². The molecule has 0 atom stereocenters. The van der Waals surface area contributed by atoms with Crippen LogP contribution in [0.5, 0.6) is 17.4 Å². The Bertz CT molecular complexity index is 778. The fourth-order valence-corrected chi connectivity index (χ4v) is 2.09. The molecular weight excluding hydrogens is 340 g/mol. The van der Waals surface area contributed by atoms with Crippen LogP contribution in [0.2, 0.25) is 0 Å². The number of esters is 1. The Kier molecular flexibility index (Phi) is 6.78. The van der Waals surface area contributed by atoms with Gasteiger partial charge in [0.15, 0.2) is 6.61 Å². The minimum atomic E-state index is -0.696. The number of benzene rings is 1. The molecule has 2 aromatic rings. The molecule has 0 saturated heterocycles. The van der Waals surface area contributed by atoms with Crippen molar-refractivity contribution in [1.29, 1.82) is 0 Å². The summed E-state index contributed by atoms with van der Waals surface area (Å²) in [6.45, 7) is 1.67. The van der Waals surface area contributed by atoms with E-state index < -0.39 is 18.5 Å². The van der Waals surface area contributed by atoms with Gasteiger partial charge in [0.2, 0.25) is 5.88 Å². The number of hydrogen-bond acceptors (Lipinski definition) is 7. The highest BCUT2D eigenvalue weighted by atomic mass is 16.5. The van der Waals surface area contributed by atoms with E-state index in [2.05, 4.69) is 10.3 Å². The molecule has 1 N–H and O–H groups in total. The number of amides is 1. The zero-order valence-electron chi connectivity index (χ0n) is 14.8. The van der Waals surface area contributed by atoms with Gasteiger partial charge in [-0.2, -0.15) is 0 Å². The highest BCUT2D eigenvalue weighted by molar-refractivity contribution is 5.97. The van der Waals surface area contributed by atoms with Crippen LogP contribution >= 0.6 is 0 Å². The van der Waals surface area contributed by atoms with Crippen molar-refractivity contribution in [2.24, 2.45) is 0 Å². The van der Waals surface area contributed by atoms with Crippen molar-refractivity contribution in [2.75, 3.05) is 32.8 Å². The smallest absolute Gasteiger partial charge is 0.344 e. The quantitative estimate of drug-likeness (QED) is 0.722. The zero-order valence-corrected chi connectivity index (χ0v) is 14.8. The molecule has 0 bridgehead atoms. The average Bonchev–Trinajstić information content (AvgIpc) is 2.67. The predicted molar refractivity (Wildman–Crippen MR) is 93.9 cm³/mol. The summed E-state index contributed by atoms with van der Waals surface area (Å²) in [5.74, 6) is -0.0273. The standard InChI is InChI=1S/C18H20N2O6/c1-4-25-17-13(6-5-9-19-17)18(22)26-11-16(21)20-14-8-7-12(23-2)10-15(14)24-3/h5-10H,4,11H2,1-3H3,(H,20,21). The second-order valence-electron chi connectivity index (χ2n) is 4.98. The lowest BCUT2D eigenvalue weighted by molar-refractivity contribution is -0.119. The Morgan fingerprint density at radius 2 is 1.96 bits per heavy atom. The summed E-state index contributed by atoms with van der Waals surface area (Å²) in [5.41, 5.74) is 0.593. The van der Waals surface area contributed by atoms with Crippen LogP contribution in [-0.2, 0) is 9.53 Å². The minimum absolute atomic E-state index is 0.157. The van der Waals surface area contributed by atoms with Gasteiger partial charge in [-0.25, -0.2) is 9.78 Å². The molecule has 1 heterocycles. The van der Waals surface area contributed by atoms with Crippen LogP contribution in [0.1, 0.15) is 17.3 Å². The van der Waals surface area contributed by atoms with E-state index >= 15 is 0 Å². The highest BCUT2D eigenvalue weighted by Gasteiger charge is 2.17. The zero-order chi connectivity index (χ0) is 18.9. The number of nitrogens with one attached hydrogen (secondary N) is 1. The second kappa shape index (κ2) is 9.26. The van der Waals surface area contributed by atoms with E-state index in [1.807, 2.05) is 0 Å². The molecule has 1 amide bonds. The molecule has 138 valence electrons. The third-order valence-corrected chi connectivity index (χ3v) is 3.29. The van der Waals surface area contributed by atoms with Crippen molar-refractivity contribution in [3.05, 3.63) is 42.1 Å². The van der Waals surface area contributed by atoms with Gasteiger partial charge in [0.1, 0.15) is 17.1 Å². The normalized spacial score (nSPS) is 9.96. The van der Waals surface area contributed by atoms with E-state index in [0.29, 0.717) is 23.8 Å². The number of ether oxygens (including phenoxy) is 4. The first-order valence-electron chi connectivity index (χ1n) is 7.85. The van der Waals surface area contributed by atoms with Gasteiger partial charge in [0.25, 0.3) is 5.91 Å². The van der Waals surface area contributed by atoms with Crippen LogP contribution in [-0.4, -0.2) is 44.3 Å². The number of aromatic nitrogens is 1. The van der Waals surface area contributed by atoms with Crippen molar-refractivity contribution >= 4 is 17.6 Å². The van der Waals surface area contributed by atoms with Crippen molar-refractivity contribution in [1.82, 2.24) is 4.98 Å². The molecule has 8 heteroatoms. The van der Waals surface area contributed by atoms with Gasteiger partial charge in [0, 0.05) is 12.3 Å². The Morgan fingerprint density at radius 3 is 2.65 bits per heavy atom. The van der Waals surface area contributed by atoms with Gasteiger partial charge in [-0.3, -0.25) is 4.79 Å². The molecule has 0 unspecified atom stereocenters. The van der Waals surface area contributed by atoms with E-state index in [1.54, 1.807) is 31.2 Å².